The van der Waals surface area contributed by atoms with Crippen LogP contribution in [0.25, 0.3) is 0 Å². The van der Waals surface area contributed by atoms with Gasteiger partial charge in [-0.15, -0.1) is 0 Å². The van der Waals surface area contributed by atoms with E-state index in [9.17, 15) is 19.7 Å². The summed E-state index contributed by atoms with van der Waals surface area (Å²) in [6.45, 7) is 0. The van der Waals surface area contributed by atoms with E-state index in [1.165, 1.54) is 0 Å². The minimum absolute atomic E-state index is 0.0871. The first kappa shape index (κ1) is 13.2. The van der Waals surface area contributed by atoms with Crippen molar-refractivity contribution in [1.82, 2.24) is 10.3 Å². The summed E-state index contributed by atoms with van der Waals surface area (Å²) >= 11 is 5.58. The van der Waals surface area contributed by atoms with Crippen molar-refractivity contribution in [2.75, 3.05) is 0 Å². The Labute approximate surface area is 111 Å². The molecule has 0 aliphatic heterocycles. The normalized spacial score (nSPS) is 15.6. The molecule has 0 radical (unpaired) electrons. The number of pyridine rings is 1. The van der Waals surface area contributed by atoms with E-state index in [0.29, 0.717) is 12.8 Å². The molecule has 8 nitrogen and oxygen atoms in total. The maximum atomic E-state index is 11.9. The second-order valence-electron chi connectivity index (χ2n) is 4.12. The van der Waals surface area contributed by atoms with Gasteiger partial charge in [0.2, 0.25) is 0 Å². The van der Waals surface area contributed by atoms with Crippen LogP contribution in [0.1, 0.15) is 23.2 Å². The summed E-state index contributed by atoms with van der Waals surface area (Å²) < 4.78 is 0. The summed E-state index contributed by atoms with van der Waals surface area (Å²) in [6, 6.07) is 1.03. The zero-order valence-electron chi connectivity index (χ0n) is 9.42. The molecule has 0 aromatic carbocycles. The fourth-order valence-corrected chi connectivity index (χ4v) is 1.71. The van der Waals surface area contributed by atoms with Crippen molar-refractivity contribution < 1.29 is 19.6 Å². The Morgan fingerprint density at radius 2 is 2.16 bits per heavy atom. The van der Waals surface area contributed by atoms with E-state index in [1.54, 1.807) is 0 Å². The molecular weight excluding hydrogens is 278 g/mol. The summed E-state index contributed by atoms with van der Waals surface area (Å²) in [5.41, 5.74) is -2.15. The number of hydrogen-bond donors (Lipinski definition) is 2. The molecule has 9 heteroatoms. The molecule has 100 valence electrons. The Hall–Kier alpha value is -2.22. The number of carboxylic acids is 1. The zero-order valence-corrected chi connectivity index (χ0v) is 10.2. The van der Waals surface area contributed by atoms with Crippen LogP contribution in [0.2, 0.25) is 5.15 Å². The maximum absolute atomic E-state index is 11.9. The fraction of sp³-hybridized carbons (Fsp3) is 0.300. The van der Waals surface area contributed by atoms with Crippen LogP contribution in [0.15, 0.2) is 12.3 Å². The van der Waals surface area contributed by atoms with Gasteiger partial charge >= 0.3 is 5.97 Å². The highest BCUT2D eigenvalue weighted by Gasteiger charge is 2.52. The highest BCUT2D eigenvalue weighted by atomic mass is 35.5. The van der Waals surface area contributed by atoms with Crippen molar-refractivity contribution in [3.05, 3.63) is 33.1 Å². The van der Waals surface area contributed by atoms with Gasteiger partial charge in [0.15, 0.2) is 0 Å². The van der Waals surface area contributed by atoms with Crippen LogP contribution in [0, 0.1) is 10.1 Å². The van der Waals surface area contributed by atoms with Gasteiger partial charge in [-0.25, -0.2) is 9.78 Å². The van der Waals surface area contributed by atoms with Gasteiger partial charge in [0, 0.05) is 0 Å². The lowest BCUT2D eigenvalue weighted by Gasteiger charge is -2.12. The third kappa shape index (κ3) is 2.48. The lowest BCUT2D eigenvalue weighted by Crippen LogP contribution is -2.43. The van der Waals surface area contributed by atoms with Gasteiger partial charge in [0.05, 0.1) is 4.92 Å². The maximum Gasteiger partial charge on any atom is 0.329 e. The summed E-state index contributed by atoms with van der Waals surface area (Å²) in [5, 5.41) is 21.9. The van der Waals surface area contributed by atoms with E-state index in [2.05, 4.69) is 10.3 Å². The topological polar surface area (TPSA) is 122 Å². The molecule has 0 bridgehead atoms. The molecular formula is C10H8ClN3O5. The Balaban J connectivity index is 2.31. The third-order valence-electron chi connectivity index (χ3n) is 2.80. The van der Waals surface area contributed by atoms with Crippen molar-refractivity contribution in [2.24, 2.45) is 0 Å². The summed E-state index contributed by atoms with van der Waals surface area (Å²) in [6.07, 6.45) is 1.44. The predicted octanol–water partition coefficient (Wildman–Crippen LogP) is 0.990. The molecule has 2 N–H and O–H groups in total. The van der Waals surface area contributed by atoms with Crippen molar-refractivity contribution in [1.29, 1.82) is 0 Å². The summed E-state index contributed by atoms with van der Waals surface area (Å²) in [4.78, 5) is 36.4. The first-order valence-corrected chi connectivity index (χ1v) is 5.59. The van der Waals surface area contributed by atoms with Crippen LogP contribution in [0.3, 0.4) is 0 Å². The molecule has 1 aromatic heterocycles. The minimum atomic E-state index is -1.32. The lowest BCUT2D eigenvalue weighted by molar-refractivity contribution is -0.385. The fourth-order valence-electron chi connectivity index (χ4n) is 1.55. The molecule has 1 aliphatic rings. The molecule has 1 aromatic rings. The third-order valence-corrected chi connectivity index (χ3v) is 3.01. The number of amides is 1. The number of nitrogens with one attached hydrogen (secondary N) is 1. The monoisotopic (exact) mass is 285 g/mol. The van der Waals surface area contributed by atoms with Crippen molar-refractivity contribution >= 4 is 29.2 Å². The summed E-state index contributed by atoms with van der Waals surface area (Å²) in [5.74, 6) is -2.01. The van der Waals surface area contributed by atoms with E-state index in [4.69, 9.17) is 16.7 Å². The van der Waals surface area contributed by atoms with Crippen molar-refractivity contribution in [3.8, 4) is 0 Å². The smallest absolute Gasteiger partial charge is 0.329 e. The first-order chi connectivity index (χ1) is 8.85. The number of carboxylic acid groups (broad SMARTS) is 1. The minimum Gasteiger partial charge on any atom is -0.480 e. The van der Waals surface area contributed by atoms with Gasteiger partial charge in [-0.1, -0.05) is 11.6 Å². The van der Waals surface area contributed by atoms with Crippen LogP contribution in [-0.2, 0) is 4.79 Å². The van der Waals surface area contributed by atoms with Gasteiger partial charge in [-0.05, 0) is 18.9 Å². The molecule has 0 atom stereocenters. The standard InChI is InChI=1S/C10H8ClN3O5/c11-7-3-5(6(4-12-7)14(18)19)8(15)13-10(1-2-10)9(16)17/h3-4H,1-2H2,(H,13,15)(H,16,17). The zero-order chi connectivity index (χ0) is 14.2. The number of nitrogens with zero attached hydrogens (tertiary/aromatic N) is 2. The first-order valence-electron chi connectivity index (χ1n) is 5.21. The molecule has 1 amide bonds. The molecule has 0 saturated heterocycles. The Morgan fingerprint density at radius 3 is 2.63 bits per heavy atom. The second kappa shape index (κ2) is 4.47. The highest BCUT2D eigenvalue weighted by molar-refractivity contribution is 6.29. The van der Waals surface area contributed by atoms with Gasteiger partial charge in [-0.3, -0.25) is 14.9 Å². The largest absolute Gasteiger partial charge is 0.480 e. The van der Waals surface area contributed by atoms with E-state index in [0.717, 1.165) is 12.3 Å². The highest BCUT2D eigenvalue weighted by Crippen LogP contribution is 2.36. The van der Waals surface area contributed by atoms with Crippen molar-refractivity contribution in [3.63, 3.8) is 0 Å². The molecule has 0 spiro atoms. The van der Waals surface area contributed by atoms with Gasteiger partial charge in [0.1, 0.15) is 22.5 Å². The average Bonchev–Trinajstić information content (AvgIpc) is 3.09. The molecule has 19 heavy (non-hydrogen) atoms. The second-order valence-corrected chi connectivity index (χ2v) is 4.51. The van der Waals surface area contributed by atoms with E-state index in [-0.39, 0.29) is 10.7 Å². The number of rotatable bonds is 4. The Kier molecular flexibility index (Phi) is 3.11. The number of carbonyl (C=O) groups excluding carboxylic acids is 1. The van der Waals surface area contributed by atoms with Gasteiger partial charge in [-0.2, -0.15) is 0 Å². The van der Waals surface area contributed by atoms with Crippen LogP contribution in [-0.4, -0.2) is 32.4 Å². The molecule has 1 fully saturated rings. The quantitative estimate of drug-likeness (QED) is 0.483. The van der Waals surface area contributed by atoms with Crippen molar-refractivity contribution in [2.45, 2.75) is 18.4 Å². The van der Waals surface area contributed by atoms with Crippen LogP contribution in [0.5, 0.6) is 0 Å². The Bertz CT molecular complexity index is 585. The lowest BCUT2D eigenvalue weighted by atomic mass is 10.2. The number of nitro groups is 1. The molecule has 0 unspecified atom stereocenters. The average molecular weight is 286 g/mol. The van der Waals surface area contributed by atoms with E-state index in [1.807, 2.05) is 0 Å². The van der Waals surface area contributed by atoms with Crippen LogP contribution in [0.4, 0.5) is 5.69 Å². The Morgan fingerprint density at radius 1 is 1.53 bits per heavy atom. The number of halogens is 1. The molecule has 2 rings (SSSR count). The predicted molar refractivity (Wildman–Crippen MR) is 63.0 cm³/mol. The number of aliphatic carboxylic acids is 1. The van der Waals surface area contributed by atoms with E-state index < -0.39 is 28.0 Å². The number of aromatic nitrogens is 1. The SMILES string of the molecule is O=C(NC1(C(=O)O)CC1)c1cc(Cl)ncc1[N+](=O)[O-]. The summed E-state index contributed by atoms with van der Waals surface area (Å²) in [7, 11) is 0. The molecule has 1 saturated carbocycles. The number of hydrogen-bond acceptors (Lipinski definition) is 5. The van der Waals surface area contributed by atoms with Crippen LogP contribution >= 0.6 is 11.6 Å². The van der Waals surface area contributed by atoms with Gasteiger partial charge < -0.3 is 10.4 Å². The number of carbonyl (C=O) groups is 2. The van der Waals surface area contributed by atoms with Crippen LogP contribution < -0.4 is 5.32 Å². The van der Waals surface area contributed by atoms with E-state index >= 15 is 0 Å². The molecule has 1 heterocycles. The molecule has 1 aliphatic carbocycles. The van der Waals surface area contributed by atoms with Gasteiger partial charge in [0.25, 0.3) is 11.6 Å².